The van der Waals surface area contributed by atoms with E-state index in [4.69, 9.17) is 27.7 Å². The fraction of sp³-hybridized carbons (Fsp3) is 0.600. The van der Waals surface area contributed by atoms with Crippen LogP contribution in [0.3, 0.4) is 0 Å². The molecule has 0 bridgehead atoms. The zero-order valence-electron chi connectivity index (χ0n) is 5.96. The quantitative estimate of drug-likeness (QED) is 0.349. The molecular weight excluding hydrogens is 226 g/mol. The van der Waals surface area contributed by atoms with Crippen molar-refractivity contribution in [2.24, 2.45) is 0 Å². The molecule has 0 aromatic carbocycles. The molecule has 0 fully saturated rings. The maximum absolute atomic E-state index is 11.2. The molecule has 2 nitrogen and oxygen atoms in total. The molecule has 0 spiro atoms. The normalized spacial score (nSPS) is 17.5. The van der Waals surface area contributed by atoms with E-state index >= 15 is 0 Å². The first-order chi connectivity index (χ1) is 4.77. The van der Waals surface area contributed by atoms with Crippen LogP contribution in [0, 0.1) is 0 Å². The summed E-state index contributed by atoms with van der Waals surface area (Å²) in [5.41, 5.74) is 0. The highest BCUT2D eigenvalue weighted by atomic mass is 35.5. The highest BCUT2D eigenvalue weighted by Gasteiger charge is 2.27. The maximum Gasteiger partial charge on any atom is 0.260 e. The molecular formula is C5H9Cl2O2PS. The zero-order valence-corrected chi connectivity index (χ0v) is 9.26. The maximum atomic E-state index is 11.2. The predicted molar refractivity (Wildman–Crippen MR) is 52.9 cm³/mol. The first kappa shape index (κ1) is 11.9. The number of thiol groups is 1. The lowest BCUT2D eigenvalue weighted by Gasteiger charge is -2.18. The summed E-state index contributed by atoms with van der Waals surface area (Å²) in [7, 11) is 0. The molecule has 0 aromatic heterocycles. The number of rotatable bonds is 4. The molecule has 0 amide bonds. The van der Waals surface area contributed by atoms with Gasteiger partial charge < -0.3 is 0 Å². The topological polar surface area (TPSA) is 26.3 Å². The van der Waals surface area contributed by atoms with Crippen LogP contribution in [0.1, 0.15) is 6.92 Å². The molecule has 0 aliphatic heterocycles. The fourth-order valence-corrected chi connectivity index (χ4v) is 3.15. The van der Waals surface area contributed by atoms with Crippen LogP contribution in [-0.2, 0) is 9.09 Å². The van der Waals surface area contributed by atoms with Gasteiger partial charge in [-0.2, -0.15) is 0 Å². The van der Waals surface area contributed by atoms with E-state index in [-0.39, 0.29) is 6.16 Å². The molecule has 0 rings (SSSR count). The Bertz CT molecular complexity index is 189. The van der Waals surface area contributed by atoms with Crippen molar-refractivity contribution < 1.29 is 9.09 Å². The van der Waals surface area contributed by atoms with Gasteiger partial charge in [0.2, 0.25) is 4.52 Å². The summed E-state index contributed by atoms with van der Waals surface area (Å²) in [5, 5.41) is 0. The number of allylic oxidation sites excluding steroid dienone is 1. The van der Waals surface area contributed by atoms with Gasteiger partial charge in [0.15, 0.2) is 0 Å². The van der Waals surface area contributed by atoms with Crippen molar-refractivity contribution in [2.75, 3.05) is 6.16 Å². The van der Waals surface area contributed by atoms with Crippen LogP contribution in [0.15, 0.2) is 12.7 Å². The van der Waals surface area contributed by atoms with Crippen LogP contribution >= 0.6 is 42.0 Å². The SMILES string of the molecule is C=CCP(=O)(S)OC(C)(Cl)Cl. The number of alkyl halides is 2. The Kier molecular flexibility index (Phi) is 4.53. The van der Waals surface area contributed by atoms with E-state index in [1.165, 1.54) is 13.0 Å². The molecule has 11 heavy (non-hydrogen) atoms. The number of hydrogen-bond donors (Lipinski definition) is 1. The van der Waals surface area contributed by atoms with Crippen molar-refractivity contribution >= 4 is 42.0 Å². The van der Waals surface area contributed by atoms with Crippen molar-refractivity contribution in [1.29, 1.82) is 0 Å². The van der Waals surface area contributed by atoms with Crippen molar-refractivity contribution in [2.45, 2.75) is 11.4 Å². The monoisotopic (exact) mass is 234 g/mol. The molecule has 0 N–H and O–H groups in total. The molecule has 0 aromatic rings. The van der Waals surface area contributed by atoms with Gasteiger partial charge in [0.1, 0.15) is 0 Å². The number of halogens is 2. The molecule has 0 saturated heterocycles. The summed E-state index contributed by atoms with van der Waals surface area (Å²) in [4.78, 5) is 0. The Morgan fingerprint density at radius 1 is 1.82 bits per heavy atom. The lowest BCUT2D eigenvalue weighted by Crippen LogP contribution is -2.09. The minimum absolute atomic E-state index is 0.144. The summed E-state index contributed by atoms with van der Waals surface area (Å²) < 4.78 is 14.5. The summed E-state index contributed by atoms with van der Waals surface area (Å²) >= 11 is 14.6. The Hall–Kier alpha value is 0.860. The Morgan fingerprint density at radius 2 is 2.27 bits per heavy atom. The van der Waals surface area contributed by atoms with Gasteiger partial charge >= 0.3 is 0 Å². The van der Waals surface area contributed by atoms with Crippen LogP contribution < -0.4 is 0 Å². The third-order valence-corrected chi connectivity index (χ3v) is 3.14. The van der Waals surface area contributed by atoms with Crippen molar-refractivity contribution in [1.82, 2.24) is 0 Å². The van der Waals surface area contributed by atoms with Gasteiger partial charge in [0.05, 0.1) is 6.16 Å². The minimum Gasteiger partial charge on any atom is -0.284 e. The van der Waals surface area contributed by atoms with E-state index in [0.29, 0.717) is 0 Å². The second kappa shape index (κ2) is 4.20. The highest BCUT2D eigenvalue weighted by molar-refractivity contribution is 8.46. The molecule has 0 aliphatic carbocycles. The first-order valence-corrected chi connectivity index (χ1v) is 6.50. The van der Waals surface area contributed by atoms with Crippen LogP contribution in [-0.4, -0.2) is 10.7 Å². The predicted octanol–water partition coefficient (Wildman–Crippen LogP) is 3.46. The van der Waals surface area contributed by atoms with E-state index in [2.05, 4.69) is 18.8 Å². The summed E-state index contributed by atoms with van der Waals surface area (Å²) in [6.45, 7) is 1.76. The third kappa shape index (κ3) is 7.23. The molecule has 1 unspecified atom stereocenters. The van der Waals surface area contributed by atoms with E-state index in [1.807, 2.05) is 0 Å². The minimum atomic E-state index is -3.00. The Labute approximate surface area is 81.5 Å². The summed E-state index contributed by atoms with van der Waals surface area (Å²) in [5.74, 6) is 0. The standard InChI is InChI=1S/C5H9Cl2O2PS/c1-3-4-10(8,11)9-5(2,6)7/h3H,1,4H2,2H3,(H,8,11). The van der Waals surface area contributed by atoms with Gasteiger partial charge in [0, 0.05) is 0 Å². The van der Waals surface area contributed by atoms with E-state index in [0.717, 1.165) is 0 Å². The second-order valence-corrected chi connectivity index (χ2v) is 7.29. The summed E-state index contributed by atoms with van der Waals surface area (Å²) in [6, 6.07) is 0. The van der Waals surface area contributed by atoms with Gasteiger partial charge in [0.25, 0.3) is 6.57 Å². The highest BCUT2D eigenvalue weighted by Crippen LogP contribution is 2.56. The average molecular weight is 235 g/mol. The number of hydrogen-bond acceptors (Lipinski definition) is 2. The van der Waals surface area contributed by atoms with Crippen molar-refractivity contribution in [3.8, 4) is 0 Å². The lowest BCUT2D eigenvalue weighted by atomic mass is 10.8. The molecule has 6 heteroatoms. The largest absolute Gasteiger partial charge is 0.284 e. The third-order valence-electron chi connectivity index (χ3n) is 0.663. The average Bonchev–Trinajstić information content (AvgIpc) is 1.55. The van der Waals surface area contributed by atoms with Crippen LogP contribution in [0.25, 0.3) is 0 Å². The molecule has 0 radical (unpaired) electrons. The van der Waals surface area contributed by atoms with Gasteiger partial charge in [-0.3, -0.25) is 9.09 Å². The molecule has 0 aliphatic rings. The second-order valence-electron chi connectivity index (χ2n) is 2.01. The van der Waals surface area contributed by atoms with Gasteiger partial charge in [-0.25, -0.2) is 0 Å². The molecule has 66 valence electrons. The van der Waals surface area contributed by atoms with E-state index in [9.17, 15) is 4.57 Å². The van der Waals surface area contributed by atoms with Gasteiger partial charge in [-0.15, -0.1) is 6.58 Å². The lowest BCUT2D eigenvalue weighted by molar-refractivity contribution is 0.274. The molecule has 1 atom stereocenters. The summed E-state index contributed by atoms with van der Waals surface area (Å²) in [6.07, 6.45) is 1.58. The van der Waals surface area contributed by atoms with E-state index in [1.54, 1.807) is 0 Å². The Morgan fingerprint density at radius 3 is 2.55 bits per heavy atom. The van der Waals surface area contributed by atoms with Gasteiger partial charge in [-0.1, -0.05) is 41.5 Å². The Balaban J connectivity index is 4.13. The smallest absolute Gasteiger partial charge is 0.260 e. The van der Waals surface area contributed by atoms with E-state index < -0.39 is 11.1 Å². The van der Waals surface area contributed by atoms with Crippen LogP contribution in [0.5, 0.6) is 0 Å². The molecule has 0 heterocycles. The zero-order chi connectivity index (χ0) is 9.12. The fourth-order valence-electron chi connectivity index (χ4n) is 0.451. The van der Waals surface area contributed by atoms with Crippen LogP contribution in [0.4, 0.5) is 0 Å². The van der Waals surface area contributed by atoms with Crippen molar-refractivity contribution in [3.63, 3.8) is 0 Å². The van der Waals surface area contributed by atoms with Crippen LogP contribution in [0.2, 0.25) is 0 Å². The van der Waals surface area contributed by atoms with Crippen molar-refractivity contribution in [3.05, 3.63) is 12.7 Å². The first-order valence-electron chi connectivity index (χ1n) is 2.78. The molecule has 0 saturated carbocycles. The van der Waals surface area contributed by atoms with Gasteiger partial charge in [-0.05, 0) is 6.92 Å².